The summed E-state index contributed by atoms with van der Waals surface area (Å²) in [5.74, 6) is 0.468. The molecule has 1 fully saturated rings. The SMILES string of the molecule is CC(=O)OC1CCC(/C=C/c2ccccc2)CC1. The van der Waals surface area contributed by atoms with E-state index in [1.165, 1.54) is 12.5 Å². The normalized spacial score (nSPS) is 24.1. The molecule has 1 aliphatic carbocycles. The molecule has 0 radical (unpaired) electrons. The number of rotatable bonds is 3. The second-order valence-corrected chi connectivity index (χ2v) is 4.92. The smallest absolute Gasteiger partial charge is 0.302 e. The van der Waals surface area contributed by atoms with Gasteiger partial charge in [0.15, 0.2) is 0 Å². The quantitative estimate of drug-likeness (QED) is 0.755. The molecule has 0 saturated heterocycles. The number of carbonyl (C=O) groups is 1. The highest BCUT2D eigenvalue weighted by molar-refractivity contribution is 5.66. The third-order valence-corrected chi connectivity index (χ3v) is 3.41. The lowest BCUT2D eigenvalue weighted by molar-refractivity contribution is -0.147. The minimum Gasteiger partial charge on any atom is -0.463 e. The first-order valence-corrected chi connectivity index (χ1v) is 6.64. The van der Waals surface area contributed by atoms with E-state index in [4.69, 9.17) is 4.74 Å². The summed E-state index contributed by atoms with van der Waals surface area (Å²) >= 11 is 0. The molecular weight excluding hydrogens is 224 g/mol. The van der Waals surface area contributed by atoms with Crippen molar-refractivity contribution < 1.29 is 9.53 Å². The molecule has 18 heavy (non-hydrogen) atoms. The van der Waals surface area contributed by atoms with Crippen molar-refractivity contribution in [3.8, 4) is 0 Å². The van der Waals surface area contributed by atoms with Gasteiger partial charge in [-0.25, -0.2) is 0 Å². The molecule has 0 atom stereocenters. The Hall–Kier alpha value is -1.57. The van der Waals surface area contributed by atoms with Crippen molar-refractivity contribution in [1.82, 2.24) is 0 Å². The molecule has 0 bridgehead atoms. The number of ether oxygens (including phenoxy) is 1. The molecule has 1 saturated carbocycles. The fourth-order valence-corrected chi connectivity index (χ4v) is 2.44. The fraction of sp³-hybridized carbons (Fsp3) is 0.438. The van der Waals surface area contributed by atoms with E-state index in [9.17, 15) is 4.79 Å². The molecule has 1 aromatic carbocycles. The Bertz CT molecular complexity index is 400. The van der Waals surface area contributed by atoms with Crippen molar-refractivity contribution in [2.45, 2.75) is 38.7 Å². The second-order valence-electron chi connectivity index (χ2n) is 4.92. The summed E-state index contributed by atoms with van der Waals surface area (Å²) < 4.78 is 5.24. The van der Waals surface area contributed by atoms with Gasteiger partial charge >= 0.3 is 5.97 Å². The maximum Gasteiger partial charge on any atom is 0.302 e. The Morgan fingerprint density at radius 3 is 2.44 bits per heavy atom. The molecule has 0 aliphatic heterocycles. The summed E-state index contributed by atoms with van der Waals surface area (Å²) in [6.45, 7) is 1.49. The number of benzene rings is 1. The molecule has 1 aliphatic rings. The molecular formula is C16H20O2. The number of carbonyl (C=O) groups excluding carboxylic acids is 1. The van der Waals surface area contributed by atoms with Crippen LogP contribution < -0.4 is 0 Å². The molecule has 0 heterocycles. The molecule has 0 unspecified atom stereocenters. The van der Waals surface area contributed by atoms with Crippen molar-refractivity contribution in [3.05, 3.63) is 42.0 Å². The van der Waals surface area contributed by atoms with Crippen molar-refractivity contribution in [2.75, 3.05) is 0 Å². The highest BCUT2D eigenvalue weighted by Gasteiger charge is 2.21. The number of allylic oxidation sites excluding steroid dienone is 1. The Morgan fingerprint density at radius 1 is 1.17 bits per heavy atom. The van der Waals surface area contributed by atoms with Crippen LogP contribution >= 0.6 is 0 Å². The van der Waals surface area contributed by atoms with E-state index in [0.717, 1.165) is 25.7 Å². The third kappa shape index (κ3) is 4.02. The summed E-state index contributed by atoms with van der Waals surface area (Å²) in [7, 11) is 0. The maximum absolute atomic E-state index is 10.9. The topological polar surface area (TPSA) is 26.3 Å². The average Bonchev–Trinajstić information content (AvgIpc) is 2.38. The van der Waals surface area contributed by atoms with Crippen LogP contribution in [0.2, 0.25) is 0 Å². The lowest BCUT2D eigenvalue weighted by Crippen LogP contribution is -2.22. The lowest BCUT2D eigenvalue weighted by atomic mass is 9.87. The van der Waals surface area contributed by atoms with Gasteiger partial charge in [-0.1, -0.05) is 42.5 Å². The second kappa shape index (κ2) is 6.39. The van der Waals surface area contributed by atoms with Crippen molar-refractivity contribution >= 4 is 12.0 Å². The van der Waals surface area contributed by atoms with Crippen LogP contribution in [-0.2, 0) is 9.53 Å². The predicted octanol–water partition coefficient (Wildman–Crippen LogP) is 3.82. The Kier molecular flexibility index (Phi) is 4.57. The van der Waals surface area contributed by atoms with E-state index in [1.807, 2.05) is 6.07 Å². The van der Waals surface area contributed by atoms with E-state index in [1.54, 1.807) is 0 Å². The molecule has 2 heteroatoms. The molecule has 0 amide bonds. The number of hydrogen-bond acceptors (Lipinski definition) is 2. The Labute approximate surface area is 109 Å². The summed E-state index contributed by atoms with van der Waals surface area (Å²) in [6.07, 6.45) is 8.83. The largest absolute Gasteiger partial charge is 0.463 e. The van der Waals surface area contributed by atoms with Crippen LogP contribution in [0.25, 0.3) is 6.08 Å². The van der Waals surface area contributed by atoms with Gasteiger partial charge in [0.1, 0.15) is 6.10 Å². The van der Waals surface area contributed by atoms with E-state index in [0.29, 0.717) is 5.92 Å². The zero-order valence-electron chi connectivity index (χ0n) is 10.8. The van der Waals surface area contributed by atoms with Crippen LogP contribution in [0.1, 0.15) is 38.2 Å². The first-order chi connectivity index (χ1) is 8.74. The van der Waals surface area contributed by atoms with Gasteiger partial charge in [0.05, 0.1) is 0 Å². The van der Waals surface area contributed by atoms with Crippen LogP contribution in [0.4, 0.5) is 0 Å². The monoisotopic (exact) mass is 244 g/mol. The summed E-state index contributed by atoms with van der Waals surface area (Å²) in [5, 5.41) is 0. The van der Waals surface area contributed by atoms with Gasteiger partial charge < -0.3 is 4.74 Å². The molecule has 0 aromatic heterocycles. The van der Waals surface area contributed by atoms with E-state index in [2.05, 4.69) is 36.4 Å². The zero-order valence-corrected chi connectivity index (χ0v) is 10.8. The van der Waals surface area contributed by atoms with E-state index in [-0.39, 0.29) is 12.1 Å². The first-order valence-electron chi connectivity index (χ1n) is 6.64. The highest BCUT2D eigenvalue weighted by Crippen LogP contribution is 2.27. The summed E-state index contributed by atoms with van der Waals surface area (Å²) in [4.78, 5) is 10.9. The van der Waals surface area contributed by atoms with Crippen molar-refractivity contribution in [1.29, 1.82) is 0 Å². The van der Waals surface area contributed by atoms with E-state index < -0.39 is 0 Å². The van der Waals surface area contributed by atoms with Gasteiger partial charge in [0.2, 0.25) is 0 Å². The third-order valence-electron chi connectivity index (χ3n) is 3.41. The van der Waals surface area contributed by atoms with Gasteiger partial charge in [0, 0.05) is 6.92 Å². The van der Waals surface area contributed by atoms with Gasteiger partial charge in [-0.05, 0) is 37.2 Å². The van der Waals surface area contributed by atoms with Crippen LogP contribution in [0.5, 0.6) is 0 Å². The zero-order chi connectivity index (χ0) is 12.8. The van der Waals surface area contributed by atoms with Gasteiger partial charge in [-0.15, -0.1) is 0 Å². The molecule has 1 aromatic rings. The lowest BCUT2D eigenvalue weighted by Gasteiger charge is -2.26. The first kappa shape index (κ1) is 12.9. The van der Waals surface area contributed by atoms with E-state index >= 15 is 0 Å². The molecule has 2 nitrogen and oxygen atoms in total. The summed E-state index contributed by atoms with van der Waals surface area (Å²) in [6, 6.07) is 10.4. The predicted molar refractivity (Wildman–Crippen MR) is 73.0 cm³/mol. The Morgan fingerprint density at radius 2 is 1.83 bits per heavy atom. The molecule has 0 spiro atoms. The number of esters is 1. The minimum absolute atomic E-state index is 0.142. The maximum atomic E-state index is 10.9. The van der Waals surface area contributed by atoms with Crippen LogP contribution in [-0.4, -0.2) is 12.1 Å². The molecule has 0 N–H and O–H groups in total. The summed E-state index contributed by atoms with van der Waals surface area (Å²) in [5.41, 5.74) is 1.25. The Balaban J connectivity index is 1.80. The van der Waals surface area contributed by atoms with Gasteiger partial charge in [0.25, 0.3) is 0 Å². The van der Waals surface area contributed by atoms with Gasteiger partial charge in [-0.3, -0.25) is 4.79 Å². The van der Waals surface area contributed by atoms with Crippen molar-refractivity contribution in [3.63, 3.8) is 0 Å². The molecule has 96 valence electrons. The fourth-order valence-electron chi connectivity index (χ4n) is 2.44. The molecule has 2 rings (SSSR count). The number of hydrogen-bond donors (Lipinski definition) is 0. The van der Waals surface area contributed by atoms with Crippen LogP contribution in [0, 0.1) is 5.92 Å². The highest BCUT2D eigenvalue weighted by atomic mass is 16.5. The van der Waals surface area contributed by atoms with Crippen LogP contribution in [0.3, 0.4) is 0 Å². The average molecular weight is 244 g/mol. The van der Waals surface area contributed by atoms with Crippen molar-refractivity contribution in [2.24, 2.45) is 5.92 Å². The minimum atomic E-state index is -0.154. The van der Waals surface area contributed by atoms with Crippen LogP contribution in [0.15, 0.2) is 36.4 Å². The van der Waals surface area contributed by atoms with Gasteiger partial charge in [-0.2, -0.15) is 0 Å². The standard InChI is InChI=1S/C16H20O2/c1-13(17)18-16-11-9-15(10-12-16)8-7-14-5-3-2-4-6-14/h2-8,15-16H,9-12H2,1H3/b8-7+.